The average Bonchev–Trinajstić information content (AvgIpc) is 3.97. The molecule has 4 aliphatic heterocycles. The summed E-state index contributed by atoms with van der Waals surface area (Å²) in [7, 11) is 3.83. The van der Waals surface area contributed by atoms with Crippen molar-refractivity contribution >= 4 is 24.0 Å². The molecule has 2 saturated heterocycles. The molecular formula is C46H54N6O6. The number of aliphatic hydroxyl groups is 2. The summed E-state index contributed by atoms with van der Waals surface area (Å²) in [6.07, 6.45) is 7.35. The highest BCUT2D eigenvalue weighted by molar-refractivity contribution is 5.83. The molecule has 2 amide bonds. The van der Waals surface area contributed by atoms with Gasteiger partial charge in [-0.05, 0) is 63.3 Å². The van der Waals surface area contributed by atoms with E-state index in [0.29, 0.717) is 37.3 Å². The van der Waals surface area contributed by atoms with Crippen LogP contribution < -0.4 is 21.8 Å². The first kappa shape index (κ1) is 40.8. The fourth-order valence-corrected chi connectivity index (χ4v) is 9.97. The molecule has 0 aliphatic carbocycles. The van der Waals surface area contributed by atoms with Gasteiger partial charge in [-0.1, -0.05) is 85.0 Å². The largest absolute Gasteiger partial charge is 0.396 e. The van der Waals surface area contributed by atoms with Crippen LogP contribution in [-0.2, 0) is 35.8 Å². The van der Waals surface area contributed by atoms with Gasteiger partial charge in [0.05, 0.1) is 24.2 Å². The number of benzene rings is 2. The Hall–Kier alpha value is -5.40. The second-order valence-electron chi connectivity index (χ2n) is 15.8. The average molecular weight is 787 g/mol. The number of carbonyl (C=O) groups excluding carboxylic acids is 2. The summed E-state index contributed by atoms with van der Waals surface area (Å²) in [5.41, 5.74) is 5.23. The number of aromatic nitrogens is 2. The lowest BCUT2D eigenvalue weighted by atomic mass is 9.88. The van der Waals surface area contributed by atoms with Gasteiger partial charge in [0.2, 0.25) is 11.8 Å². The van der Waals surface area contributed by atoms with E-state index in [-0.39, 0.29) is 71.9 Å². The van der Waals surface area contributed by atoms with E-state index < -0.39 is 12.1 Å². The minimum absolute atomic E-state index is 0.00910. The van der Waals surface area contributed by atoms with Crippen LogP contribution in [0.2, 0.25) is 0 Å². The maximum Gasteiger partial charge on any atom is 0.258 e. The minimum atomic E-state index is -0.419. The second kappa shape index (κ2) is 17.6. The zero-order chi connectivity index (χ0) is 41.1. The number of rotatable bonds is 10. The first-order valence-electron chi connectivity index (χ1n) is 20.1. The monoisotopic (exact) mass is 786 g/mol. The summed E-state index contributed by atoms with van der Waals surface area (Å²) in [6, 6.07) is 26.3. The molecule has 8 atom stereocenters. The minimum Gasteiger partial charge on any atom is -0.396 e. The standard InChI is InChI=1S/2C23H27N3O3/c2*1-3-7-16-10-11-19-20-17(13-26(19)23(16)29)18(14-27)21(25(20)2)22(28)24-12-15-8-5-4-6-9-15/h2*3-11,17-18,20-21,27H,12-14H2,1-2H3,(H,24,28)/b7-3+;7-3-/t2*17-,18-,20+,21-/m11/s1. The number of nitrogens with zero attached hydrogens (tertiary/aromatic N) is 4. The molecular weight excluding hydrogens is 733 g/mol. The van der Waals surface area contributed by atoms with Crippen molar-refractivity contribution < 1.29 is 19.8 Å². The number of likely N-dealkylation sites (N-methyl/N-ethyl adjacent to an activating group) is 2. The molecule has 58 heavy (non-hydrogen) atoms. The van der Waals surface area contributed by atoms with Crippen molar-refractivity contribution in [3.63, 3.8) is 0 Å². The quantitative estimate of drug-likeness (QED) is 0.191. The molecule has 2 fully saturated rings. The van der Waals surface area contributed by atoms with Crippen molar-refractivity contribution in [2.45, 2.75) is 64.2 Å². The van der Waals surface area contributed by atoms with E-state index in [1.54, 1.807) is 0 Å². The number of hydrogen-bond acceptors (Lipinski definition) is 8. The molecule has 8 rings (SSSR count). The highest BCUT2D eigenvalue weighted by atomic mass is 16.3. The lowest BCUT2D eigenvalue weighted by Gasteiger charge is -2.27. The third-order valence-electron chi connectivity index (χ3n) is 12.6. The van der Waals surface area contributed by atoms with Crippen LogP contribution in [0.5, 0.6) is 0 Å². The van der Waals surface area contributed by atoms with Crippen molar-refractivity contribution in [1.82, 2.24) is 29.6 Å². The summed E-state index contributed by atoms with van der Waals surface area (Å²) in [4.78, 5) is 55.7. The van der Waals surface area contributed by atoms with Crippen LogP contribution in [0.15, 0.2) is 107 Å². The molecule has 12 heteroatoms. The highest BCUT2D eigenvalue weighted by Crippen LogP contribution is 2.49. The highest BCUT2D eigenvalue weighted by Gasteiger charge is 2.55. The SMILES string of the molecule is C/C=C/c1ccc2n(c1=O)C[C@@H]1[C@@H](CO)[C@H](C(=O)NCc3ccccc3)N(C)[C@H]21.C/C=C\c1ccc2n(c1=O)C[C@@H]1[C@@H](CO)[C@H](C(=O)NCc3ccccc3)N(C)[C@H]21. The first-order valence-corrected chi connectivity index (χ1v) is 20.1. The van der Waals surface area contributed by atoms with Gasteiger partial charge >= 0.3 is 0 Å². The van der Waals surface area contributed by atoms with E-state index in [0.717, 1.165) is 22.5 Å². The first-order chi connectivity index (χ1) is 28.1. The summed E-state index contributed by atoms with van der Waals surface area (Å²) in [6.45, 7) is 5.59. The van der Waals surface area contributed by atoms with Crippen LogP contribution in [0.4, 0.5) is 0 Å². The zero-order valence-corrected chi connectivity index (χ0v) is 33.6. The van der Waals surface area contributed by atoms with Gasteiger partial charge in [0.25, 0.3) is 11.1 Å². The molecule has 4 aliphatic rings. The van der Waals surface area contributed by atoms with E-state index in [1.807, 2.05) is 156 Å². The lowest BCUT2D eigenvalue weighted by molar-refractivity contribution is -0.128. The number of nitrogens with one attached hydrogen (secondary N) is 2. The van der Waals surface area contributed by atoms with Crippen molar-refractivity contribution in [1.29, 1.82) is 0 Å². The Morgan fingerprint density at radius 1 is 0.621 bits per heavy atom. The van der Waals surface area contributed by atoms with Crippen molar-refractivity contribution in [2.24, 2.45) is 23.7 Å². The van der Waals surface area contributed by atoms with E-state index in [4.69, 9.17) is 0 Å². The molecule has 2 aromatic heterocycles. The smallest absolute Gasteiger partial charge is 0.258 e. The van der Waals surface area contributed by atoms with E-state index >= 15 is 0 Å². The molecule has 0 saturated carbocycles. The van der Waals surface area contributed by atoms with Crippen LogP contribution >= 0.6 is 0 Å². The Balaban J connectivity index is 0.000000177. The Kier molecular flexibility index (Phi) is 12.4. The van der Waals surface area contributed by atoms with E-state index in [2.05, 4.69) is 10.6 Å². The summed E-state index contributed by atoms with van der Waals surface area (Å²) in [5, 5.41) is 26.3. The van der Waals surface area contributed by atoms with Gasteiger partial charge in [-0.3, -0.25) is 29.0 Å². The van der Waals surface area contributed by atoms with Crippen molar-refractivity contribution in [3.05, 3.63) is 151 Å². The van der Waals surface area contributed by atoms with Crippen molar-refractivity contribution in [2.75, 3.05) is 27.3 Å². The molecule has 4 aromatic rings. The number of likely N-dealkylation sites (tertiary alicyclic amines) is 2. The molecule has 2 aromatic carbocycles. The van der Waals surface area contributed by atoms with Gasteiger partial charge in [-0.15, -0.1) is 0 Å². The maximum absolute atomic E-state index is 13.0. The normalized spacial score (nSPS) is 25.9. The van der Waals surface area contributed by atoms with Crippen LogP contribution in [0, 0.1) is 23.7 Å². The summed E-state index contributed by atoms with van der Waals surface area (Å²) < 4.78 is 3.61. The molecule has 0 unspecified atom stereocenters. The van der Waals surface area contributed by atoms with Gasteiger partial charge in [0, 0.05) is 85.6 Å². The third kappa shape index (κ3) is 7.53. The number of hydrogen-bond donors (Lipinski definition) is 4. The number of fused-ring (bicyclic) bond motifs is 6. The number of allylic oxidation sites excluding steroid dienone is 2. The molecule has 0 spiro atoms. The molecule has 4 N–H and O–H groups in total. The van der Waals surface area contributed by atoms with Crippen LogP contribution in [0.3, 0.4) is 0 Å². The van der Waals surface area contributed by atoms with Crippen LogP contribution in [0.25, 0.3) is 12.2 Å². The number of aliphatic hydroxyl groups excluding tert-OH is 2. The van der Waals surface area contributed by atoms with Gasteiger partial charge in [-0.25, -0.2) is 0 Å². The predicted octanol–water partition coefficient (Wildman–Crippen LogP) is 3.58. The molecule has 304 valence electrons. The number of pyridine rings is 2. The van der Waals surface area contributed by atoms with E-state index in [9.17, 15) is 29.4 Å². The Morgan fingerprint density at radius 3 is 1.34 bits per heavy atom. The fourth-order valence-electron chi connectivity index (χ4n) is 9.97. The van der Waals surface area contributed by atoms with Gasteiger partial charge in [0.1, 0.15) is 0 Å². The lowest BCUT2D eigenvalue weighted by Crippen LogP contribution is -2.46. The molecule has 0 bridgehead atoms. The second-order valence-corrected chi connectivity index (χ2v) is 15.8. The Morgan fingerprint density at radius 2 is 1.00 bits per heavy atom. The van der Waals surface area contributed by atoms with Crippen LogP contribution in [0.1, 0.15) is 59.6 Å². The Bertz CT molecular complexity index is 2130. The topological polar surface area (TPSA) is 149 Å². The number of carbonyl (C=O) groups is 2. The molecule has 12 nitrogen and oxygen atoms in total. The summed E-state index contributed by atoms with van der Waals surface area (Å²) >= 11 is 0. The fraction of sp³-hybridized carbons (Fsp3) is 0.391. The number of amides is 2. The molecule has 0 radical (unpaired) electrons. The zero-order valence-electron chi connectivity index (χ0n) is 33.6. The van der Waals surface area contributed by atoms with Crippen LogP contribution in [-0.4, -0.2) is 80.4 Å². The maximum atomic E-state index is 13.0. The van der Waals surface area contributed by atoms with Crippen molar-refractivity contribution in [3.8, 4) is 0 Å². The predicted molar refractivity (Wildman–Crippen MR) is 224 cm³/mol. The third-order valence-corrected chi connectivity index (χ3v) is 12.6. The van der Waals surface area contributed by atoms with Gasteiger partial charge in [-0.2, -0.15) is 0 Å². The summed E-state index contributed by atoms with van der Waals surface area (Å²) in [5.74, 6) is -0.527. The van der Waals surface area contributed by atoms with Gasteiger partial charge in [0.15, 0.2) is 0 Å². The van der Waals surface area contributed by atoms with E-state index in [1.165, 1.54) is 0 Å². The Labute approximate surface area is 339 Å². The van der Waals surface area contributed by atoms with Gasteiger partial charge < -0.3 is 30.0 Å². The molecule has 6 heterocycles.